The fourth-order valence-electron chi connectivity index (χ4n) is 5.25. The van der Waals surface area contributed by atoms with Gasteiger partial charge in [0.15, 0.2) is 5.82 Å². The Hall–Kier alpha value is -5.24. The molecule has 0 radical (unpaired) electrons. The molecule has 2 N–H and O–H groups in total. The largest absolute Gasteiger partial charge is 0.497 e. The molecule has 3 aromatic heterocycles. The van der Waals surface area contributed by atoms with Gasteiger partial charge in [-0.05, 0) is 53.4 Å². The van der Waals surface area contributed by atoms with Gasteiger partial charge in [-0.15, -0.1) is 10.2 Å². The number of aryl methyl sites for hydroxylation is 2. The first-order valence-corrected chi connectivity index (χ1v) is 14.0. The molecular formula is C34H32N6O2. The number of para-hydroxylation sites is 1. The number of carbonyl (C=O) groups is 1. The molecule has 1 atom stereocenters. The molecule has 0 aliphatic heterocycles. The Bertz CT molecular complexity index is 1760. The zero-order chi connectivity index (χ0) is 28.7. The van der Waals surface area contributed by atoms with Gasteiger partial charge >= 0.3 is 0 Å². The quantitative estimate of drug-likeness (QED) is 0.221. The van der Waals surface area contributed by atoms with Crippen LogP contribution in [0.5, 0.6) is 5.75 Å². The van der Waals surface area contributed by atoms with Crippen molar-refractivity contribution in [3.8, 4) is 5.75 Å². The summed E-state index contributed by atoms with van der Waals surface area (Å²) in [6.07, 6.45) is 7.12. The first-order valence-electron chi connectivity index (χ1n) is 14.0. The highest BCUT2D eigenvalue weighted by Gasteiger charge is 2.27. The second-order valence-electron chi connectivity index (χ2n) is 10.2. The van der Waals surface area contributed by atoms with E-state index in [-0.39, 0.29) is 12.3 Å². The minimum Gasteiger partial charge on any atom is -0.497 e. The molecule has 210 valence electrons. The second-order valence-corrected chi connectivity index (χ2v) is 10.2. The molecule has 3 heterocycles. The van der Waals surface area contributed by atoms with Crippen molar-refractivity contribution in [2.45, 2.75) is 31.8 Å². The van der Waals surface area contributed by atoms with Gasteiger partial charge < -0.3 is 19.6 Å². The van der Waals surface area contributed by atoms with Gasteiger partial charge in [0, 0.05) is 41.5 Å². The van der Waals surface area contributed by atoms with E-state index in [0.29, 0.717) is 18.8 Å². The van der Waals surface area contributed by atoms with Crippen molar-refractivity contribution in [2.75, 3.05) is 7.11 Å². The van der Waals surface area contributed by atoms with Crippen LogP contribution in [0.2, 0.25) is 0 Å². The molecule has 0 aliphatic carbocycles. The predicted molar refractivity (Wildman–Crippen MR) is 162 cm³/mol. The van der Waals surface area contributed by atoms with Gasteiger partial charge in [-0.25, -0.2) is 0 Å². The maximum atomic E-state index is 13.5. The number of hydrogen-bond donors (Lipinski definition) is 2. The number of H-pyrrole nitrogens is 1. The summed E-state index contributed by atoms with van der Waals surface area (Å²) in [4.78, 5) is 20.9. The maximum Gasteiger partial charge on any atom is 0.225 e. The van der Waals surface area contributed by atoms with Crippen LogP contribution in [-0.2, 0) is 30.6 Å². The molecule has 0 saturated carbocycles. The molecule has 8 nitrogen and oxygen atoms in total. The van der Waals surface area contributed by atoms with Gasteiger partial charge in [0.05, 0.1) is 20.1 Å². The van der Waals surface area contributed by atoms with E-state index in [9.17, 15) is 4.79 Å². The fraction of sp³-hybridized carbons (Fsp3) is 0.176. The first-order chi connectivity index (χ1) is 20.7. The van der Waals surface area contributed by atoms with E-state index in [0.717, 1.165) is 45.6 Å². The number of hydrogen-bond acceptors (Lipinski definition) is 5. The maximum absolute atomic E-state index is 13.5. The normalized spacial score (nSPS) is 11.8. The number of aromatic amines is 1. The minimum absolute atomic E-state index is 0.110. The summed E-state index contributed by atoms with van der Waals surface area (Å²) in [6, 6.07) is 29.7. The smallest absolute Gasteiger partial charge is 0.225 e. The Labute approximate surface area is 244 Å². The monoisotopic (exact) mass is 556 g/mol. The van der Waals surface area contributed by atoms with Crippen LogP contribution < -0.4 is 10.1 Å². The summed E-state index contributed by atoms with van der Waals surface area (Å²) in [7, 11) is 1.66. The number of ether oxygens (including phenoxy) is 1. The van der Waals surface area contributed by atoms with Crippen LogP contribution in [-0.4, -0.2) is 37.7 Å². The Balaban J connectivity index is 1.40. The summed E-state index contributed by atoms with van der Waals surface area (Å²) in [6.45, 7) is 0.551. The first kappa shape index (κ1) is 27.0. The Morgan fingerprint density at radius 3 is 2.40 bits per heavy atom. The van der Waals surface area contributed by atoms with Gasteiger partial charge in [0.25, 0.3) is 0 Å². The number of amides is 1. The molecule has 6 aromatic rings. The number of nitrogens with one attached hydrogen (secondary N) is 2. The van der Waals surface area contributed by atoms with E-state index in [2.05, 4.69) is 43.1 Å². The molecule has 1 amide bonds. The second kappa shape index (κ2) is 12.5. The van der Waals surface area contributed by atoms with Gasteiger partial charge in [-0.1, -0.05) is 60.7 Å². The Morgan fingerprint density at radius 1 is 0.857 bits per heavy atom. The molecule has 8 heteroatoms. The predicted octanol–water partition coefficient (Wildman–Crippen LogP) is 5.44. The third-order valence-electron chi connectivity index (χ3n) is 7.45. The number of aromatic nitrogens is 5. The van der Waals surface area contributed by atoms with E-state index in [1.54, 1.807) is 19.5 Å². The van der Waals surface area contributed by atoms with Crippen LogP contribution in [0.4, 0.5) is 0 Å². The number of nitrogens with zero attached hydrogens (tertiary/aromatic N) is 4. The summed E-state index contributed by atoms with van der Waals surface area (Å²) >= 11 is 0. The van der Waals surface area contributed by atoms with Gasteiger partial charge in [-0.2, -0.15) is 0 Å². The van der Waals surface area contributed by atoms with Gasteiger partial charge in [0.2, 0.25) is 5.91 Å². The molecule has 0 bridgehead atoms. The number of rotatable bonds is 11. The third-order valence-corrected chi connectivity index (χ3v) is 7.45. The standard InChI is InChI=1S/C34H32N6O2/c1-42-27-14-11-26(12-15-27)23-40-31(16-13-24-7-3-2-4-8-24)38-39-34(40)33(29-22-36-30-10-6-5-9-28(29)30)37-32(41)21-25-17-19-35-20-18-25/h2-12,14-15,17-20,22,33,36H,13,16,21,23H2,1H3,(H,37,41)/t33-/m1/s1. The van der Waals surface area contributed by atoms with Crippen molar-refractivity contribution in [2.24, 2.45) is 0 Å². The number of benzene rings is 3. The van der Waals surface area contributed by atoms with Crippen molar-refractivity contribution < 1.29 is 9.53 Å². The Kier molecular flexibility index (Phi) is 8.03. The zero-order valence-corrected chi connectivity index (χ0v) is 23.4. The topological polar surface area (TPSA) is 97.7 Å². The van der Waals surface area contributed by atoms with Crippen molar-refractivity contribution in [1.82, 2.24) is 30.0 Å². The van der Waals surface area contributed by atoms with Crippen molar-refractivity contribution in [3.63, 3.8) is 0 Å². The van der Waals surface area contributed by atoms with Crippen LogP contribution in [0, 0.1) is 0 Å². The lowest BCUT2D eigenvalue weighted by atomic mass is 10.0. The fourth-order valence-corrected chi connectivity index (χ4v) is 5.25. The average molecular weight is 557 g/mol. The molecular weight excluding hydrogens is 524 g/mol. The van der Waals surface area contributed by atoms with Crippen molar-refractivity contribution in [3.05, 3.63) is 143 Å². The molecule has 0 spiro atoms. The van der Waals surface area contributed by atoms with Crippen LogP contribution in [0.3, 0.4) is 0 Å². The highest BCUT2D eigenvalue weighted by Crippen LogP contribution is 2.30. The summed E-state index contributed by atoms with van der Waals surface area (Å²) in [5.74, 6) is 2.23. The summed E-state index contributed by atoms with van der Waals surface area (Å²) in [5, 5.41) is 13.7. The lowest BCUT2D eigenvalue weighted by Crippen LogP contribution is -2.32. The molecule has 0 fully saturated rings. The average Bonchev–Trinajstić information content (AvgIpc) is 3.64. The lowest BCUT2D eigenvalue weighted by Gasteiger charge is -2.20. The number of methoxy groups -OCH3 is 1. The highest BCUT2D eigenvalue weighted by atomic mass is 16.5. The Morgan fingerprint density at radius 2 is 1.62 bits per heavy atom. The van der Waals surface area contributed by atoms with Crippen molar-refractivity contribution >= 4 is 16.8 Å². The molecule has 0 saturated heterocycles. The van der Waals surface area contributed by atoms with E-state index >= 15 is 0 Å². The van der Waals surface area contributed by atoms with E-state index in [4.69, 9.17) is 9.84 Å². The molecule has 3 aromatic carbocycles. The number of pyridine rings is 1. The number of fused-ring (bicyclic) bond motifs is 1. The van der Waals surface area contributed by atoms with E-state index in [1.807, 2.05) is 79.0 Å². The van der Waals surface area contributed by atoms with Crippen molar-refractivity contribution in [1.29, 1.82) is 0 Å². The van der Waals surface area contributed by atoms with Crippen LogP contribution in [0.1, 0.15) is 39.9 Å². The molecule has 42 heavy (non-hydrogen) atoms. The number of carbonyl (C=O) groups excluding carboxylic acids is 1. The summed E-state index contributed by atoms with van der Waals surface area (Å²) < 4.78 is 7.52. The SMILES string of the molecule is COc1ccc(Cn2c(CCc3ccccc3)nnc2[C@H](NC(=O)Cc2ccncc2)c2c[nH]c3ccccc23)cc1. The minimum atomic E-state index is -0.522. The molecule has 6 rings (SSSR count). The lowest BCUT2D eigenvalue weighted by molar-refractivity contribution is -0.121. The van der Waals surface area contributed by atoms with E-state index in [1.165, 1.54) is 5.56 Å². The van der Waals surface area contributed by atoms with Crippen LogP contribution in [0.25, 0.3) is 10.9 Å². The van der Waals surface area contributed by atoms with Crippen LogP contribution in [0.15, 0.2) is 110 Å². The van der Waals surface area contributed by atoms with Gasteiger partial charge in [-0.3, -0.25) is 9.78 Å². The third kappa shape index (κ3) is 6.07. The van der Waals surface area contributed by atoms with E-state index < -0.39 is 6.04 Å². The molecule has 0 aliphatic rings. The zero-order valence-electron chi connectivity index (χ0n) is 23.4. The molecule has 0 unspecified atom stereocenters. The summed E-state index contributed by atoms with van der Waals surface area (Å²) in [5.41, 5.74) is 5.14. The van der Waals surface area contributed by atoms with Crippen LogP contribution >= 0.6 is 0 Å². The van der Waals surface area contributed by atoms with Gasteiger partial charge in [0.1, 0.15) is 17.6 Å². The highest BCUT2D eigenvalue weighted by molar-refractivity contribution is 5.85.